The van der Waals surface area contributed by atoms with Gasteiger partial charge >= 0.3 is 6.61 Å². The van der Waals surface area contributed by atoms with E-state index in [1.54, 1.807) is 6.92 Å². The second kappa shape index (κ2) is 5.46. The molecule has 2 nitrogen and oxygen atoms in total. The Balaban J connectivity index is 3.12. The minimum absolute atomic E-state index is 0.107. The number of ketones is 1. The molecule has 0 saturated heterocycles. The van der Waals surface area contributed by atoms with E-state index in [1.807, 2.05) is 0 Å². The molecule has 1 rings (SSSR count). The highest BCUT2D eigenvalue weighted by Crippen LogP contribution is 2.35. The van der Waals surface area contributed by atoms with Gasteiger partial charge in [-0.15, -0.1) is 0 Å². The molecule has 16 heavy (non-hydrogen) atoms. The van der Waals surface area contributed by atoms with Crippen LogP contribution in [-0.4, -0.2) is 12.4 Å². The van der Waals surface area contributed by atoms with Gasteiger partial charge in [0.05, 0.1) is 10.0 Å². The summed E-state index contributed by atoms with van der Waals surface area (Å²) in [5.74, 6) is -0.488. The number of ether oxygens (including phenoxy) is 1. The molecule has 88 valence electrons. The van der Waals surface area contributed by atoms with Crippen LogP contribution in [0.1, 0.15) is 23.7 Å². The van der Waals surface area contributed by atoms with Gasteiger partial charge in [0.15, 0.2) is 11.5 Å². The molecule has 6 heteroatoms. The van der Waals surface area contributed by atoms with E-state index >= 15 is 0 Å². The molecule has 0 aliphatic carbocycles. The van der Waals surface area contributed by atoms with Crippen molar-refractivity contribution < 1.29 is 18.3 Å². The maximum absolute atomic E-state index is 12.0. The molecule has 0 N–H and O–H groups in total. The fraction of sp³-hybridized carbons (Fsp3) is 0.300. The highest BCUT2D eigenvalue weighted by molar-refractivity contribution is 6.37. The van der Waals surface area contributed by atoms with Crippen molar-refractivity contribution in [2.24, 2.45) is 0 Å². The Labute approximate surface area is 101 Å². The first-order valence-electron chi connectivity index (χ1n) is 4.42. The van der Waals surface area contributed by atoms with Crippen molar-refractivity contribution in [3.05, 3.63) is 27.7 Å². The molecule has 1 aromatic rings. The van der Waals surface area contributed by atoms with Crippen LogP contribution in [0, 0.1) is 0 Å². The van der Waals surface area contributed by atoms with Gasteiger partial charge in [0, 0.05) is 12.0 Å². The van der Waals surface area contributed by atoms with E-state index < -0.39 is 6.61 Å². The number of Topliss-reactive ketones (excluding diaryl/α,β-unsaturated/α-hetero) is 1. The van der Waals surface area contributed by atoms with Crippen molar-refractivity contribution in [3.8, 4) is 5.75 Å². The predicted octanol–water partition coefficient (Wildman–Crippen LogP) is 4.19. The van der Waals surface area contributed by atoms with Crippen molar-refractivity contribution in [2.45, 2.75) is 20.0 Å². The molecular formula is C10H8Cl2F2O2. The molecule has 0 aromatic heterocycles. The summed E-state index contributed by atoms with van der Waals surface area (Å²) in [6.45, 7) is -1.34. The van der Waals surface area contributed by atoms with Crippen LogP contribution >= 0.6 is 23.2 Å². The monoisotopic (exact) mass is 268 g/mol. The molecule has 0 unspecified atom stereocenters. The molecule has 0 saturated carbocycles. The maximum atomic E-state index is 12.0. The summed E-state index contributed by atoms with van der Waals surface area (Å²) in [7, 11) is 0. The lowest BCUT2D eigenvalue weighted by molar-refractivity contribution is -0.0497. The summed E-state index contributed by atoms with van der Waals surface area (Å²) < 4.78 is 28.1. The average Bonchev–Trinajstić information content (AvgIpc) is 2.21. The number of rotatable bonds is 4. The lowest BCUT2D eigenvalue weighted by Crippen LogP contribution is -2.04. The van der Waals surface area contributed by atoms with E-state index in [0.29, 0.717) is 0 Å². The van der Waals surface area contributed by atoms with Gasteiger partial charge in [0.1, 0.15) is 0 Å². The summed E-state index contributed by atoms with van der Waals surface area (Å²) in [4.78, 5) is 11.3. The largest absolute Gasteiger partial charge is 0.432 e. The second-order valence-corrected chi connectivity index (χ2v) is 3.74. The molecule has 0 aliphatic heterocycles. The average molecular weight is 269 g/mol. The second-order valence-electron chi connectivity index (χ2n) is 2.92. The number of hydrogen-bond acceptors (Lipinski definition) is 2. The van der Waals surface area contributed by atoms with Crippen molar-refractivity contribution >= 4 is 29.0 Å². The van der Waals surface area contributed by atoms with Crippen LogP contribution < -0.4 is 4.74 Å². The predicted molar refractivity (Wildman–Crippen MR) is 57.7 cm³/mol. The number of benzene rings is 1. The molecule has 0 amide bonds. The van der Waals surface area contributed by atoms with Gasteiger partial charge in [-0.3, -0.25) is 4.79 Å². The van der Waals surface area contributed by atoms with Crippen LogP contribution in [0.3, 0.4) is 0 Å². The Morgan fingerprint density at radius 3 is 2.25 bits per heavy atom. The third kappa shape index (κ3) is 3.06. The van der Waals surface area contributed by atoms with Crippen molar-refractivity contribution in [3.63, 3.8) is 0 Å². The minimum Gasteiger partial charge on any atom is -0.432 e. The van der Waals surface area contributed by atoms with Gasteiger partial charge in [-0.25, -0.2) is 0 Å². The molecule has 0 aliphatic rings. The molecule has 1 aromatic carbocycles. The van der Waals surface area contributed by atoms with Gasteiger partial charge < -0.3 is 4.74 Å². The summed E-state index contributed by atoms with van der Waals surface area (Å²) in [5, 5.41) is -0.214. The molecule has 0 bridgehead atoms. The van der Waals surface area contributed by atoms with Crippen LogP contribution in [0.25, 0.3) is 0 Å². The fourth-order valence-electron chi connectivity index (χ4n) is 1.13. The Kier molecular flexibility index (Phi) is 4.50. The normalized spacial score (nSPS) is 10.6. The van der Waals surface area contributed by atoms with Gasteiger partial charge in [0.2, 0.25) is 0 Å². The summed E-state index contributed by atoms with van der Waals surface area (Å²) in [6.07, 6.45) is 0.279. The molecule has 0 fully saturated rings. The molecule has 0 atom stereocenters. The van der Waals surface area contributed by atoms with Gasteiger partial charge in [-0.1, -0.05) is 30.1 Å². The number of hydrogen-bond donors (Lipinski definition) is 0. The minimum atomic E-state index is -3.01. The topological polar surface area (TPSA) is 26.3 Å². The molecular weight excluding hydrogens is 261 g/mol. The van der Waals surface area contributed by atoms with Crippen molar-refractivity contribution in [1.82, 2.24) is 0 Å². The molecule has 0 heterocycles. The zero-order chi connectivity index (χ0) is 12.3. The molecule has 0 radical (unpaired) electrons. The van der Waals surface area contributed by atoms with Crippen LogP contribution in [-0.2, 0) is 0 Å². The van der Waals surface area contributed by atoms with E-state index in [2.05, 4.69) is 4.74 Å². The number of alkyl halides is 2. The third-order valence-corrected chi connectivity index (χ3v) is 2.41. The Hall–Kier alpha value is -0.870. The fourth-order valence-corrected chi connectivity index (χ4v) is 1.70. The zero-order valence-electron chi connectivity index (χ0n) is 8.27. The van der Waals surface area contributed by atoms with E-state index in [0.717, 1.165) is 0 Å². The first-order chi connectivity index (χ1) is 7.45. The van der Waals surface area contributed by atoms with E-state index in [1.165, 1.54) is 12.1 Å². The first-order valence-corrected chi connectivity index (χ1v) is 5.18. The van der Waals surface area contributed by atoms with Gasteiger partial charge in [-0.2, -0.15) is 8.78 Å². The smallest absolute Gasteiger partial charge is 0.387 e. The summed E-state index contributed by atoms with van der Waals surface area (Å²) >= 11 is 11.4. The lowest BCUT2D eigenvalue weighted by Gasteiger charge is -2.10. The van der Waals surface area contributed by atoms with Crippen LogP contribution in [0.2, 0.25) is 10.0 Å². The van der Waals surface area contributed by atoms with Gasteiger partial charge in [-0.05, 0) is 12.1 Å². The molecule has 0 spiro atoms. The summed E-state index contributed by atoms with van der Waals surface area (Å²) in [6, 6.07) is 2.52. The van der Waals surface area contributed by atoms with E-state index in [9.17, 15) is 13.6 Å². The van der Waals surface area contributed by atoms with Crippen LogP contribution in [0.4, 0.5) is 8.78 Å². The first kappa shape index (κ1) is 13.2. The summed E-state index contributed by atoms with van der Waals surface area (Å²) in [5.41, 5.74) is 0.277. The third-order valence-electron chi connectivity index (χ3n) is 1.85. The Morgan fingerprint density at radius 1 is 1.38 bits per heavy atom. The maximum Gasteiger partial charge on any atom is 0.387 e. The lowest BCUT2D eigenvalue weighted by atomic mass is 10.1. The van der Waals surface area contributed by atoms with Crippen molar-refractivity contribution in [2.75, 3.05) is 0 Å². The van der Waals surface area contributed by atoms with Crippen molar-refractivity contribution in [1.29, 1.82) is 0 Å². The van der Waals surface area contributed by atoms with E-state index in [4.69, 9.17) is 23.2 Å². The number of halogens is 4. The van der Waals surface area contributed by atoms with E-state index in [-0.39, 0.29) is 33.6 Å². The Morgan fingerprint density at radius 2 is 1.88 bits per heavy atom. The highest BCUT2D eigenvalue weighted by atomic mass is 35.5. The standard InChI is InChI=1S/C10H8Cl2F2O2/c1-2-8(15)5-3-6(11)9(7(12)4-5)16-10(13)14/h3-4,10H,2H2,1H3. The Bertz CT molecular complexity index is 385. The highest BCUT2D eigenvalue weighted by Gasteiger charge is 2.16. The quantitative estimate of drug-likeness (QED) is 0.766. The van der Waals surface area contributed by atoms with Crippen LogP contribution in [0.15, 0.2) is 12.1 Å². The zero-order valence-corrected chi connectivity index (χ0v) is 9.78. The van der Waals surface area contributed by atoms with Crippen LogP contribution in [0.5, 0.6) is 5.75 Å². The SMILES string of the molecule is CCC(=O)c1cc(Cl)c(OC(F)F)c(Cl)c1. The number of carbonyl (C=O) groups excluding carboxylic acids is 1. The van der Waals surface area contributed by atoms with Gasteiger partial charge in [0.25, 0.3) is 0 Å². The number of carbonyl (C=O) groups is 1.